The van der Waals surface area contributed by atoms with Gasteiger partial charge in [-0.3, -0.25) is 4.79 Å². The van der Waals surface area contributed by atoms with Crippen molar-refractivity contribution in [3.8, 4) is 5.75 Å². The molecule has 0 fully saturated rings. The summed E-state index contributed by atoms with van der Waals surface area (Å²) in [5.41, 5.74) is 4.16. The van der Waals surface area contributed by atoms with Crippen LogP contribution < -0.4 is 10.5 Å². The molecule has 0 radical (unpaired) electrons. The largest absolute Gasteiger partial charge is 0.497 e. The second kappa shape index (κ2) is 13.2. The van der Waals surface area contributed by atoms with Crippen molar-refractivity contribution in [2.24, 2.45) is 17.6 Å². The highest BCUT2D eigenvalue weighted by Gasteiger charge is 2.51. The number of sulfonamides is 2. The van der Waals surface area contributed by atoms with Crippen LogP contribution in [0.1, 0.15) is 32.8 Å². The van der Waals surface area contributed by atoms with Gasteiger partial charge < -0.3 is 15.6 Å². The molecule has 0 bridgehead atoms. The van der Waals surface area contributed by atoms with E-state index in [1.165, 1.54) is 44.6 Å². The molecule has 2 rings (SSSR count). The Bertz CT molecular complexity index is 1300. The number of aliphatic hydroxyl groups is 1. The van der Waals surface area contributed by atoms with Gasteiger partial charge in [0.25, 0.3) is 0 Å². The number of ether oxygens (including phenoxy) is 1. The lowest BCUT2D eigenvalue weighted by Crippen LogP contribution is -2.58. The minimum atomic E-state index is -4.23. The lowest BCUT2D eigenvalue weighted by molar-refractivity contribution is -0.123. The van der Waals surface area contributed by atoms with Crippen molar-refractivity contribution >= 4 is 26.0 Å². The first kappa shape index (κ1) is 32.7. The lowest BCUT2D eigenvalue weighted by atomic mass is 9.82. The van der Waals surface area contributed by atoms with Gasteiger partial charge in [0, 0.05) is 33.6 Å². The third-order valence-corrected chi connectivity index (χ3v) is 11.1. The van der Waals surface area contributed by atoms with Gasteiger partial charge in [0.1, 0.15) is 11.0 Å². The number of nitrogens with two attached hydrogens (primary N) is 1. The van der Waals surface area contributed by atoms with E-state index in [4.69, 9.17) is 10.5 Å². The zero-order chi connectivity index (χ0) is 29.6. The summed E-state index contributed by atoms with van der Waals surface area (Å²) in [5, 5.41) is 10.5. The van der Waals surface area contributed by atoms with Crippen LogP contribution in [0.3, 0.4) is 0 Å². The van der Waals surface area contributed by atoms with Crippen LogP contribution in [0.4, 0.5) is 0 Å². The number of carbonyl (C=O) groups is 1. The number of hydrogen-bond acceptors (Lipinski definition) is 7. The molecule has 12 heteroatoms. The molecule has 0 spiro atoms. The SMILES string of the molecule is COc1ccc(S(=O)(=O)N(CC[C@](O)(Cc2ccccc2)C(C(C)C(N)=O)S(=O)(=O)N(C)C)CC(C)C)cc1. The van der Waals surface area contributed by atoms with Crippen molar-refractivity contribution in [2.45, 2.75) is 49.4 Å². The predicted octanol–water partition coefficient (Wildman–Crippen LogP) is 2.09. The number of carbonyl (C=O) groups excluding carboxylic acids is 1. The van der Waals surface area contributed by atoms with Crippen molar-refractivity contribution in [2.75, 3.05) is 34.3 Å². The van der Waals surface area contributed by atoms with Crippen LogP contribution in [0.25, 0.3) is 0 Å². The van der Waals surface area contributed by atoms with Crippen molar-refractivity contribution in [1.82, 2.24) is 8.61 Å². The first-order chi connectivity index (χ1) is 18.1. The molecule has 0 aromatic heterocycles. The third-order valence-electron chi connectivity index (χ3n) is 6.68. The molecule has 10 nitrogen and oxygen atoms in total. The van der Waals surface area contributed by atoms with E-state index >= 15 is 0 Å². The van der Waals surface area contributed by atoms with Crippen LogP contribution in [0.2, 0.25) is 0 Å². The maximum absolute atomic E-state index is 13.7. The first-order valence-electron chi connectivity index (χ1n) is 12.7. The van der Waals surface area contributed by atoms with Gasteiger partial charge in [0.05, 0.1) is 23.5 Å². The third kappa shape index (κ3) is 8.01. The number of primary amides is 1. The molecule has 1 amide bonds. The van der Waals surface area contributed by atoms with Crippen LogP contribution in [0, 0.1) is 11.8 Å². The highest BCUT2D eigenvalue weighted by Crippen LogP contribution is 2.34. The summed E-state index contributed by atoms with van der Waals surface area (Å²) in [5.74, 6) is -1.71. The van der Waals surface area contributed by atoms with E-state index in [-0.39, 0.29) is 36.7 Å². The van der Waals surface area contributed by atoms with Crippen LogP contribution in [0.5, 0.6) is 5.75 Å². The molecule has 2 unspecified atom stereocenters. The summed E-state index contributed by atoms with van der Waals surface area (Å²) in [6.45, 7) is 5.03. The molecule has 3 N–H and O–H groups in total. The van der Waals surface area contributed by atoms with Gasteiger partial charge in [-0.15, -0.1) is 0 Å². The Kier molecular flexibility index (Phi) is 11.1. The number of nitrogens with zero attached hydrogens (tertiary/aromatic N) is 2. The van der Waals surface area contributed by atoms with Gasteiger partial charge >= 0.3 is 0 Å². The normalized spacial score (nSPS) is 15.7. The summed E-state index contributed by atoms with van der Waals surface area (Å²) in [6, 6.07) is 14.7. The van der Waals surface area contributed by atoms with Crippen molar-refractivity contribution in [3.05, 3.63) is 60.2 Å². The van der Waals surface area contributed by atoms with Crippen molar-refractivity contribution < 1.29 is 31.5 Å². The minimum Gasteiger partial charge on any atom is -0.497 e. The predicted molar refractivity (Wildman–Crippen MR) is 151 cm³/mol. The topological polar surface area (TPSA) is 147 Å². The van der Waals surface area contributed by atoms with E-state index < -0.39 is 42.7 Å². The fraction of sp³-hybridized carbons (Fsp3) is 0.519. The average Bonchev–Trinajstić information content (AvgIpc) is 2.86. The van der Waals surface area contributed by atoms with Crippen molar-refractivity contribution in [3.63, 3.8) is 0 Å². The number of amides is 1. The Labute approximate surface area is 232 Å². The molecule has 2 aromatic rings. The lowest BCUT2D eigenvalue weighted by Gasteiger charge is -2.40. The van der Waals surface area contributed by atoms with Crippen LogP contribution in [-0.4, -0.2) is 81.6 Å². The van der Waals surface area contributed by atoms with Gasteiger partial charge in [0.15, 0.2) is 0 Å². The Morgan fingerprint density at radius 2 is 1.56 bits per heavy atom. The van der Waals surface area contributed by atoms with Crippen LogP contribution in [0.15, 0.2) is 59.5 Å². The molecule has 0 saturated carbocycles. The average molecular weight is 584 g/mol. The summed E-state index contributed by atoms with van der Waals surface area (Å²) in [4.78, 5) is 12.3. The molecular formula is C27H41N3O7S2. The molecular weight excluding hydrogens is 542 g/mol. The fourth-order valence-electron chi connectivity index (χ4n) is 4.59. The van der Waals surface area contributed by atoms with Crippen molar-refractivity contribution in [1.29, 1.82) is 0 Å². The van der Waals surface area contributed by atoms with E-state index in [0.29, 0.717) is 11.3 Å². The quantitative estimate of drug-likeness (QED) is 0.326. The smallest absolute Gasteiger partial charge is 0.243 e. The monoisotopic (exact) mass is 583 g/mol. The number of methoxy groups -OCH3 is 1. The zero-order valence-corrected chi connectivity index (χ0v) is 25.1. The van der Waals surface area contributed by atoms with E-state index in [0.717, 1.165) is 4.31 Å². The molecule has 0 aliphatic carbocycles. The maximum atomic E-state index is 13.7. The molecule has 0 heterocycles. The molecule has 39 heavy (non-hydrogen) atoms. The summed E-state index contributed by atoms with van der Waals surface area (Å²) >= 11 is 0. The molecule has 0 aliphatic heterocycles. The van der Waals surface area contributed by atoms with Gasteiger partial charge in [-0.25, -0.2) is 21.1 Å². The Morgan fingerprint density at radius 1 is 1.00 bits per heavy atom. The maximum Gasteiger partial charge on any atom is 0.243 e. The second-order valence-corrected chi connectivity index (χ2v) is 14.6. The zero-order valence-electron chi connectivity index (χ0n) is 23.4. The van der Waals surface area contributed by atoms with Gasteiger partial charge in [-0.05, 0) is 42.2 Å². The van der Waals surface area contributed by atoms with E-state index in [1.54, 1.807) is 42.5 Å². The van der Waals surface area contributed by atoms with E-state index in [2.05, 4.69) is 0 Å². The van der Waals surface area contributed by atoms with Crippen LogP contribution >= 0.6 is 0 Å². The first-order valence-corrected chi connectivity index (χ1v) is 15.6. The van der Waals surface area contributed by atoms with E-state index in [1.807, 2.05) is 13.8 Å². The van der Waals surface area contributed by atoms with Gasteiger partial charge in [-0.2, -0.15) is 4.31 Å². The standard InChI is InChI=1S/C27H41N3O7S2/c1-20(2)19-30(38(33,34)24-14-12-23(37-6)13-15-24)17-16-27(32,18-22-10-8-7-9-11-22)25(21(3)26(28)31)39(35,36)29(4)5/h7-15,20-21,25,32H,16-19H2,1-6H3,(H2,28,31)/t21?,25?,27-/m0/s1. The Hall–Kier alpha value is -2.51. The molecule has 3 atom stereocenters. The Balaban J connectivity index is 2.61. The summed E-state index contributed by atoms with van der Waals surface area (Å²) < 4.78 is 61.7. The highest BCUT2D eigenvalue weighted by atomic mass is 32.2. The molecule has 218 valence electrons. The molecule has 2 aromatic carbocycles. The minimum absolute atomic E-state index is 0.0403. The van der Waals surface area contributed by atoms with Gasteiger partial charge in [0.2, 0.25) is 26.0 Å². The number of hydrogen-bond donors (Lipinski definition) is 2. The number of rotatable bonds is 15. The summed E-state index contributed by atoms with van der Waals surface area (Å²) in [6.07, 6.45) is -0.402. The molecule has 0 aliphatic rings. The number of benzene rings is 2. The highest BCUT2D eigenvalue weighted by molar-refractivity contribution is 7.90. The molecule has 0 saturated heterocycles. The van der Waals surface area contributed by atoms with Crippen LogP contribution in [-0.2, 0) is 31.3 Å². The second-order valence-electron chi connectivity index (χ2n) is 10.4. The fourth-order valence-corrected chi connectivity index (χ4v) is 8.05. The Morgan fingerprint density at radius 3 is 2.03 bits per heavy atom. The van der Waals surface area contributed by atoms with E-state index in [9.17, 15) is 26.7 Å². The summed E-state index contributed by atoms with van der Waals surface area (Å²) in [7, 11) is -4.13. The van der Waals surface area contributed by atoms with Gasteiger partial charge in [-0.1, -0.05) is 51.1 Å².